The lowest BCUT2D eigenvalue weighted by molar-refractivity contribution is 0.0978. The van der Waals surface area contributed by atoms with E-state index in [1.54, 1.807) is 30.3 Å². The highest BCUT2D eigenvalue weighted by atomic mass is 16.5. The van der Waals surface area contributed by atoms with E-state index in [2.05, 4.69) is 0 Å². The molecule has 0 heterocycles. The summed E-state index contributed by atoms with van der Waals surface area (Å²) in [5.74, 6) is 0.403. The lowest BCUT2D eigenvalue weighted by Crippen LogP contribution is -2.21. The van der Waals surface area contributed by atoms with Gasteiger partial charge in [-0.05, 0) is 38.1 Å². The summed E-state index contributed by atoms with van der Waals surface area (Å²) in [6.07, 6.45) is 0. The summed E-state index contributed by atoms with van der Waals surface area (Å²) in [4.78, 5) is 25.0. The Kier molecular flexibility index (Phi) is 2.90. The van der Waals surface area contributed by atoms with Crippen LogP contribution in [0.3, 0.4) is 0 Å². The molecule has 0 saturated carbocycles. The van der Waals surface area contributed by atoms with E-state index >= 15 is 0 Å². The molecule has 20 heavy (non-hydrogen) atoms. The lowest BCUT2D eigenvalue weighted by Gasteiger charge is -2.18. The molecule has 2 aromatic carbocycles. The van der Waals surface area contributed by atoms with Crippen molar-refractivity contribution in [3.05, 3.63) is 64.2 Å². The van der Waals surface area contributed by atoms with Crippen LogP contribution >= 0.6 is 0 Å². The highest BCUT2D eigenvalue weighted by Gasteiger charge is 2.29. The first-order valence-corrected chi connectivity index (χ1v) is 6.58. The fourth-order valence-corrected chi connectivity index (χ4v) is 2.50. The van der Waals surface area contributed by atoms with Gasteiger partial charge in [-0.15, -0.1) is 0 Å². The summed E-state index contributed by atoms with van der Waals surface area (Å²) in [5.41, 5.74) is 2.82. The molecule has 3 nitrogen and oxygen atoms in total. The number of benzene rings is 2. The average Bonchev–Trinajstić information content (AvgIpc) is 2.45. The molecular weight excluding hydrogens is 252 g/mol. The molecule has 0 fully saturated rings. The molecule has 0 N–H and O–H groups in total. The van der Waals surface area contributed by atoms with Crippen LogP contribution in [0.1, 0.15) is 44.3 Å². The SMILES string of the molecule is CCOc1ccc2c(c1)C(=O)c1ccc(C)cc1C2=O. The van der Waals surface area contributed by atoms with Gasteiger partial charge in [0.15, 0.2) is 11.6 Å². The first-order chi connectivity index (χ1) is 9.61. The predicted octanol–water partition coefficient (Wildman–Crippen LogP) is 3.17. The van der Waals surface area contributed by atoms with Crippen LogP contribution in [-0.2, 0) is 0 Å². The minimum Gasteiger partial charge on any atom is -0.494 e. The second-order valence-corrected chi connectivity index (χ2v) is 4.85. The molecule has 1 aliphatic carbocycles. The number of hydrogen-bond acceptors (Lipinski definition) is 3. The Balaban J connectivity index is 2.18. The number of ketones is 2. The summed E-state index contributed by atoms with van der Waals surface area (Å²) in [7, 11) is 0. The van der Waals surface area contributed by atoms with Crippen molar-refractivity contribution in [2.45, 2.75) is 13.8 Å². The van der Waals surface area contributed by atoms with Gasteiger partial charge in [0.05, 0.1) is 6.61 Å². The fraction of sp³-hybridized carbons (Fsp3) is 0.176. The molecule has 0 saturated heterocycles. The lowest BCUT2D eigenvalue weighted by atomic mass is 9.83. The number of aryl methyl sites for hydroxylation is 1. The largest absolute Gasteiger partial charge is 0.494 e. The van der Waals surface area contributed by atoms with Crippen molar-refractivity contribution in [2.24, 2.45) is 0 Å². The van der Waals surface area contributed by atoms with Crippen molar-refractivity contribution < 1.29 is 14.3 Å². The molecule has 0 atom stereocenters. The van der Waals surface area contributed by atoms with Crippen molar-refractivity contribution in [1.82, 2.24) is 0 Å². The van der Waals surface area contributed by atoms with E-state index in [9.17, 15) is 9.59 Å². The summed E-state index contributed by atoms with van der Waals surface area (Å²) in [6, 6.07) is 10.4. The third-order valence-electron chi connectivity index (χ3n) is 3.46. The highest BCUT2D eigenvalue weighted by molar-refractivity contribution is 6.28. The van der Waals surface area contributed by atoms with Crippen molar-refractivity contribution in [3.8, 4) is 5.75 Å². The van der Waals surface area contributed by atoms with Gasteiger partial charge in [-0.2, -0.15) is 0 Å². The van der Waals surface area contributed by atoms with Crippen molar-refractivity contribution >= 4 is 11.6 Å². The molecule has 3 rings (SSSR count). The van der Waals surface area contributed by atoms with Gasteiger partial charge in [0.25, 0.3) is 0 Å². The molecule has 0 radical (unpaired) electrons. The highest BCUT2D eigenvalue weighted by Crippen LogP contribution is 2.30. The third-order valence-corrected chi connectivity index (χ3v) is 3.46. The first kappa shape index (κ1) is 12.6. The molecular formula is C17H14O3. The maximum atomic E-state index is 12.5. The molecule has 0 amide bonds. The third kappa shape index (κ3) is 1.83. The van der Waals surface area contributed by atoms with Gasteiger partial charge in [0.2, 0.25) is 0 Å². The van der Waals surface area contributed by atoms with E-state index in [0.29, 0.717) is 34.6 Å². The first-order valence-electron chi connectivity index (χ1n) is 6.58. The average molecular weight is 266 g/mol. The van der Waals surface area contributed by atoms with Crippen LogP contribution in [0.4, 0.5) is 0 Å². The summed E-state index contributed by atoms with van der Waals surface area (Å²) >= 11 is 0. The van der Waals surface area contributed by atoms with E-state index in [1.807, 2.05) is 19.9 Å². The van der Waals surface area contributed by atoms with E-state index in [0.717, 1.165) is 5.56 Å². The molecule has 3 heteroatoms. The monoisotopic (exact) mass is 266 g/mol. The van der Waals surface area contributed by atoms with Crippen molar-refractivity contribution in [2.75, 3.05) is 6.61 Å². The number of carbonyl (C=O) groups is 2. The topological polar surface area (TPSA) is 43.4 Å². The van der Waals surface area contributed by atoms with Gasteiger partial charge in [-0.1, -0.05) is 17.7 Å². The fourth-order valence-electron chi connectivity index (χ4n) is 2.50. The zero-order valence-electron chi connectivity index (χ0n) is 11.4. The van der Waals surface area contributed by atoms with Crippen molar-refractivity contribution in [1.29, 1.82) is 0 Å². The number of ether oxygens (including phenoxy) is 1. The van der Waals surface area contributed by atoms with Gasteiger partial charge in [0, 0.05) is 22.3 Å². The number of fused-ring (bicyclic) bond motifs is 2. The zero-order valence-corrected chi connectivity index (χ0v) is 11.4. The maximum Gasteiger partial charge on any atom is 0.194 e. The molecule has 0 aliphatic heterocycles. The summed E-state index contributed by atoms with van der Waals surface area (Å²) in [6.45, 7) is 4.31. The summed E-state index contributed by atoms with van der Waals surface area (Å²) < 4.78 is 5.40. The molecule has 1 aliphatic rings. The smallest absolute Gasteiger partial charge is 0.194 e. The quantitative estimate of drug-likeness (QED) is 0.715. The van der Waals surface area contributed by atoms with Crippen LogP contribution in [0, 0.1) is 6.92 Å². The Morgan fingerprint density at radius 1 is 0.850 bits per heavy atom. The maximum absolute atomic E-state index is 12.5. The standard InChI is InChI=1S/C17H14O3/c1-3-20-11-5-7-13-15(9-11)17(19)12-6-4-10(2)8-14(12)16(13)18/h4-9H,3H2,1-2H3. The normalized spacial score (nSPS) is 12.9. The van der Waals surface area contributed by atoms with Crippen LogP contribution in [0.25, 0.3) is 0 Å². The van der Waals surface area contributed by atoms with Crippen LogP contribution in [0.2, 0.25) is 0 Å². The van der Waals surface area contributed by atoms with Crippen LogP contribution in [0.15, 0.2) is 36.4 Å². The second kappa shape index (κ2) is 4.60. The van der Waals surface area contributed by atoms with Gasteiger partial charge in [-0.3, -0.25) is 9.59 Å². The van der Waals surface area contributed by atoms with Crippen molar-refractivity contribution in [3.63, 3.8) is 0 Å². The van der Waals surface area contributed by atoms with E-state index in [-0.39, 0.29) is 11.6 Å². The second-order valence-electron chi connectivity index (χ2n) is 4.85. The Hall–Kier alpha value is -2.42. The predicted molar refractivity (Wildman–Crippen MR) is 75.7 cm³/mol. The molecule has 0 unspecified atom stereocenters. The van der Waals surface area contributed by atoms with Gasteiger partial charge < -0.3 is 4.74 Å². The molecule has 2 aromatic rings. The Labute approximate surface area is 117 Å². The Morgan fingerprint density at radius 2 is 1.45 bits per heavy atom. The van der Waals surface area contributed by atoms with E-state index in [1.165, 1.54) is 0 Å². The Morgan fingerprint density at radius 3 is 2.10 bits per heavy atom. The van der Waals surface area contributed by atoms with Crippen LogP contribution in [0.5, 0.6) is 5.75 Å². The van der Waals surface area contributed by atoms with E-state index in [4.69, 9.17) is 4.74 Å². The van der Waals surface area contributed by atoms with Crippen LogP contribution < -0.4 is 4.74 Å². The summed E-state index contributed by atoms with van der Waals surface area (Å²) in [5, 5.41) is 0. The number of carbonyl (C=O) groups excluding carboxylic acids is 2. The number of rotatable bonds is 2. The Bertz CT molecular complexity index is 729. The molecule has 0 spiro atoms. The molecule has 0 aromatic heterocycles. The minimum atomic E-state index is -0.115. The zero-order chi connectivity index (χ0) is 14.3. The molecule has 100 valence electrons. The molecule has 0 bridgehead atoms. The van der Waals surface area contributed by atoms with Gasteiger partial charge in [-0.25, -0.2) is 0 Å². The van der Waals surface area contributed by atoms with Crippen LogP contribution in [-0.4, -0.2) is 18.2 Å². The van der Waals surface area contributed by atoms with Gasteiger partial charge >= 0.3 is 0 Å². The van der Waals surface area contributed by atoms with E-state index < -0.39 is 0 Å². The van der Waals surface area contributed by atoms with Gasteiger partial charge in [0.1, 0.15) is 5.75 Å². The minimum absolute atomic E-state index is 0.0960. The number of hydrogen-bond donors (Lipinski definition) is 0.